The minimum atomic E-state index is -0.825. The Morgan fingerprint density at radius 3 is 1.40 bits per heavy atom. The Kier molecular flexibility index (Phi) is 4.91. The topological polar surface area (TPSA) is 48.5 Å². The van der Waals surface area contributed by atoms with Gasteiger partial charge in [-0.3, -0.25) is 9.13 Å². The lowest BCUT2D eigenvalue weighted by atomic mass is 9.92. The maximum atomic E-state index is 9.95. The van der Waals surface area contributed by atoms with E-state index in [1.54, 1.807) is 18.2 Å². The number of benzene rings is 9. The highest BCUT2D eigenvalue weighted by Gasteiger charge is 2.21. The molecule has 12 rings (SSSR count). The summed E-state index contributed by atoms with van der Waals surface area (Å²) in [6, 6.07) is 17.3. The Hall–Kier alpha value is -8.41. The molecule has 0 N–H and O–H groups in total. The summed E-state index contributed by atoms with van der Waals surface area (Å²) in [4.78, 5) is 14.7. The third kappa shape index (κ3) is 5.98. The fourth-order valence-electron chi connectivity index (χ4n) is 7.82. The van der Waals surface area contributed by atoms with Crippen LogP contribution in [0.4, 0.5) is 0 Å². The van der Waals surface area contributed by atoms with Crippen molar-refractivity contribution in [1.82, 2.24) is 24.1 Å². The molecule has 0 unspecified atom stereocenters. The van der Waals surface area contributed by atoms with Gasteiger partial charge in [-0.25, -0.2) is 0 Å². The van der Waals surface area contributed by atoms with Gasteiger partial charge >= 0.3 is 0 Å². The van der Waals surface area contributed by atoms with Crippen LogP contribution >= 0.6 is 0 Å². The summed E-state index contributed by atoms with van der Waals surface area (Å²) in [6.07, 6.45) is 0. The maximum Gasteiger partial charge on any atom is 0.240 e. The summed E-state index contributed by atoms with van der Waals surface area (Å²) < 4.78 is 182. The molecule has 0 atom stereocenters. The van der Waals surface area contributed by atoms with E-state index in [-0.39, 0.29) is 27.5 Å². The first-order chi connectivity index (χ1) is 39.1. The average molecular weight is 812 g/mol. The summed E-state index contributed by atoms with van der Waals surface area (Å²) in [5.41, 5.74) is 2.31. The largest absolute Gasteiger partial charge is 0.278 e. The standard InChI is InChI=1S/C57H37N5/c1-3-17-38(18-4-1)40-21-15-22-42(35-40)45-25-7-8-26-46(45)43-23-16-24-44(36-43)55-58-56(61-51-30-12-9-27-47(51)48-28-10-13-31-52(48)61)60-57(59-55)62-53-32-14-11-29-49(53)50-34-33-41(37-54(50)62)39-19-5-2-6-20-39/h1-37H/i2D,5D,6D,9D,10D,11D,12D,13D,14D,19D,20D,27D,28D,29D,30D,31D,32D,33D,34D,37D. The van der Waals surface area contributed by atoms with Crippen molar-refractivity contribution >= 4 is 43.6 Å². The zero-order valence-electron chi connectivity index (χ0n) is 52.1. The highest BCUT2D eigenvalue weighted by atomic mass is 15.3. The van der Waals surface area contributed by atoms with Gasteiger partial charge in [0.1, 0.15) is 0 Å². The number of para-hydroxylation sites is 3. The average Bonchev–Trinajstić information content (AvgIpc) is 4.09. The van der Waals surface area contributed by atoms with Crippen LogP contribution in [0.2, 0.25) is 0 Å². The van der Waals surface area contributed by atoms with Crippen molar-refractivity contribution < 1.29 is 27.4 Å². The minimum Gasteiger partial charge on any atom is -0.278 e. The van der Waals surface area contributed by atoms with E-state index in [1.165, 1.54) is 0 Å². The van der Waals surface area contributed by atoms with Crippen LogP contribution in [0.15, 0.2) is 224 Å². The van der Waals surface area contributed by atoms with E-state index in [0.29, 0.717) is 5.56 Å². The Morgan fingerprint density at radius 1 is 0.323 bits per heavy atom. The molecule has 0 spiro atoms. The predicted octanol–water partition coefficient (Wildman–Crippen LogP) is 14.4. The Labute approximate surface area is 386 Å². The van der Waals surface area contributed by atoms with Crippen molar-refractivity contribution in [3.05, 3.63) is 224 Å². The molecule has 62 heavy (non-hydrogen) atoms. The summed E-state index contributed by atoms with van der Waals surface area (Å²) in [5, 5.41) is -1.45. The van der Waals surface area contributed by atoms with E-state index in [1.807, 2.05) is 78.9 Å². The van der Waals surface area contributed by atoms with Crippen LogP contribution in [0, 0.1) is 0 Å². The van der Waals surface area contributed by atoms with E-state index in [0.717, 1.165) is 37.0 Å². The molecule has 0 fully saturated rings. The van der Waals surface area contributed by atoms with Crippen molar-refractivity contribution in [3.63, 3.8) is 0 Å². The minimum absolute atomic E-state index is 0.238. The van der Waals surface area contributed by atoms with Crippen LogP contribution in [0.25, 0.3) is 111 Å². The first kappa shape index (κ1) is 20.7. The van der Waals surface area contributed by atoms with Gasteiger partial charge in [-0.15, -0.1) is 0 Å². The number of nitrogens with zero attached hydrogens (tertiary/aromatic N) is 5. The van der Waals surface area contributed by atoms with Crippen LogP contribution in [0.3, 0.4) is 0 Å². The molecule has 0 aliphatic carbocycles. The van der Waals surface area contributed by atoms with Gasteiger partial charge in [0, 0.05) is 27.1 Å². The van der Waals surface area contributed by atoms with Crippen LogP contribution in [0.5, 0.6) is 0 Å². The molecule has 3 heterocycles. The number of hydrogen-bond acceptors (Lipinski definition) is 3. The van der Waals surface area contributed by atoms with Crippen molar-refractivity contribution in [3.8, 4) is 67.8 Å². The van der Waals surface area contributed by atoms with Crippen molar-refractivity contribution in [2.45, 2.75) is 0 Å². The normalized spacial score (nSPS) is 16.1. The third-order valence-corrected chi connectivity index (χ3v) is 10.6. The zero-order valence-corrected chi connectivity index (χ0v) is 32.1. The van der Waals surface area contributed by atoms with E-state index in [2.05, 4.69) is 6.07 Å². The van der Waals surface area contributed by atoms with E-state index in [4.69, 9.17) is 32.8 Å². The quantitative estimate of drug-likeness (QED) is 0.161. The molecule has 5 nitrogen and oxygen atoms in total. The molecule has 0 bridgehead atoms. The molecule has 0 saturated carbocycles. The van der Waals surface area contributed by atoms with Gasteiger partial charge in [0.05, 0.1) is 49.5 Å². The first-order valence-corrected chi connectivity index (χ1v) is 19.3. The number of hydrogen-bond donors (Lipinski definition) is 0. The van der Waals surface area contributed by atoms with Gasteiger partial charge in [0.25, 0.3) is 0 Å². The molecule has 0 amide bonds. The highest BCUT2D eigenvalue weighted by molar-refractivity contribution is 6.11. The molecule has 0 radical (unpaired) electrons. The lowest BCUT2D eigenvalue weighted by molar-refractivity contribution is 0.893. The second kappa shape index (κ2) is 14.7. The zero-order chi connectivity index (χ0) is 58.4. The molecule has 0 aliphatic rings. The second-order valence-corrected chi connectivity index (χ2v) is 14.1. The molecular weight excluding hydrogens is 755 g/mol. The summed E-state index contributed by atoms with van der Waals surface area (Å²) >= 11 is 0. The SMILES string of the molecule is [2H]c1c([2H])c([2H])c(-c2c([2H])c([2H])c3c4c([2H])c([2H])c([2H])c([2H])c4n(-c4nc(-c5cccc(-c6ccccc6-c6cccc(-c7ccccc7)c6)c5)nc(-n5c6c([2H])c([2H])c([2H])c([2H])c6c6c([2H])c([2H])c([2H])c([2H])c65)n4)c3c2[2H])c([2H])c1[2H]. The van der Waals surface area contributed by atoms with Gasteiger partial charge in [0.15, 0.2) is 5.82 Å². The molecule has 0 aliphatic heterocycles. The van der Waals surface area contributed by atoms with Crippen molar-refractivity contribution in [2.24, 2.45) is 0 Å². The fraction of sp³-hybridized carbons (Fsp3) is 0. The summed E-state index contributed by atoms with van der Waals surface area (Å²) in [5.74, 6) is -1.39. The number of aromatic nitrogens is 5. The lowest BCUT2D eigenvalue weighted by Crippen LogP contribution is -2.10. The monoisotopic (exact) mass is 811 g/mol. The molecule has 290 valence electrons. The van der Waals surface area contributed by atoms with Crippen molar-refractivity contribution in [1.29, 1.82) is 0 Å². The maximum absolute atomic E-state index is 9.95. The van der Waals surface area contributed by atoms with Gasteiger partial charge in [-0.05, 0) is 80.8 Å². The Bertz CT molecular complexity index is 4720. The van der Waals surface area contributed by atoms with Gasteiger partial charge in [-0.1, -0.05) is 188 Å². The number of fused-ring (bicyclic) bond motifs is 6. The summed E-state index contributed by atoms with van der Waals surface area (Å²) in [7, 11) is 0. The van der Waals surface area contributed by atoms with Gasteiger partial charge in [-0.2, -0.15) is 15.0 Å². The van der Waals surface area contributed by atoms with Gasteiger partial charge < -0.3 is 0 Å². The van der Waals surface area contributed by atoms with E-state index >= 15 is 0 Å². The summed E-state index contributed by atoms with van der Waals surface area (Å²) in [6.45, 7) is 0. The lowest BCUT2D eigenvalue weighted by Gasteiger charge is -2.14. The smallest absolute Gasteiger partial charge is 0.240 e. The number of rotatable bonds is 7. The molecule has 12 aromatic rings. The van der Waals surface area contributed by atoms with Crippen LogP contribution in [-0.2, 0) is 0 Å². The molecule has 9 aromatic carbocycles. The van der Waals surface area contributed by atoms with E-state index < -0.39 is 171 Å². The first-order valence-electron chi connectivity index (χ1n) is 29.3. The third-order valence-electron chi connectivity index (χ3n) is 10.6. The Balaban J connectivity index is 1.24. The highest BCUT2D eigenvalue weighted by Crippen LogP contribution is 2.38. The van der Waals surface area contributed by atoms with Gasteiger partial charge in [0.2, 0.25) is 11.9 Å². The van der Waals surface area contributed by atoms with Crippen LogP contribution < -0.4 is 0 Å². The molecular formula is C57H37N5. The molecule has 0 saturated heterocycles. The predicted molar refractivity (Wildman–Crippen MR) is 256 cm³/mol. The van der Waals surface area contributed by atoms with Crippen molar-refractivity contribution in [2.75, 3.05) is 0 Å². The second-order valence-electron chi connectivity index (χ2n) is 14.1. The van der Waals surface area contributed by atoms with Crippen LogP contribution in [-0.4, -0.2) is 24.1 Å². The molecule has 5 heteroatoms. The molecule has 3 aromatic heterocycles. The fourth-order valence-corrected chi connectivity index (χ4v) is 7.82. The Morgan fingerprint density at radius 2 is 0.790 bits per heavy atom. The van der Waals surface area contributed by atoms with Crippen LogP contribution in [0.1, 0.15) is 27.4 Å². The van der Waals surface area contributed by atoms with E-state index in [9.17, 15) is 9.60 Å².